The van der Waals surface area contributed by atoms with Crippen LogP contribution in [0.15, 0.2) is 34.2 Å². The Bertz CT molecular complexity index is 1170. The van der Waals surface area contributed by atoms with Gasteiger partial charge in [0.25, 0.3) is 5.56 Å². The van der Waals surface area contributed by atoms with Gasteiger partial charge in [-0.05, 0) is 43.9 Å². The zero-order valence-electron chi connectivity index (χ0n) is 17.4. The molecule has 1 unspecified atom stereocenters. The number of amides is 1. The standard InChI is InChI=1S/C22H24FN3O3S2/c1-3-15-13(2)31-20-19(15)21(28)26(11-14-7-6-10-29-14)22(25-20)30-12-18(27)24-17-9-5-4-8-16(17)23/h4-5,8-9,14H,3,6-7,10-12H2,1-2H3,(H,24,27). The van der Waals surface area contributed by atoms with Crippen molar-refractivity contribution in [2.24, 2.45) is 0 Å². The molecular weight excluding hydrogens is 437 g/mol. The van der Waals surface area contributed by atoms with Crippen molar-refractivity contribution in [3.8, 4) is 0 Å². The van der Waals surface area contributed by atoms with E-state index in [0.29, 0.717) is 28.5 Å². The molecule has 1 N–H and O–H groups in total. The van der Waals surface area contributed by atoms with E-state index in [4.69, 9.17) is 9.72 Å². The summed E-state index contributed by atoms with van der Waals surface area (Å²) in [4.78, 5) is 32.4. The molecule has 1 atom stereocenters. The van der Waals surface area contributed by atoms with E-state index < -0.39 is 5.82 Å². The highest BCUT2D eigenvalue weighted by atomic mass is 32.2. The van der Waals surface area contributed by atoms with E-state index in [1.807, 2.05) is 13.8 Å². The van der Waals surface area contributed by atoms with E-state index in [-0.39, 0.29) is 29.0 Å². The lowest BCUT2D eigenvalue weighted by Crippen LogP contribution is -2.29. The Morgan fingerprint density at radius 2 is 2.23 bits per heavy atom. The van der Waals surface area contributed by atoms with Crippen LogP contribution in [0.2, 0.25) is 0 Å². The number of carbonyl (C=O) groups excluding carboxylic acids is 1. The van der Waals surface area contributed by atoms with Gasteiger partial charge in [0.1, 0.15) is 10.6 Å². The highest BCUT2D eigenvalue weighted by molar-refractivity contribution is 7.99. The first kappa shape index (κ1) is 22.0. The first-order valence-electron chi connectivity index (χ1n) is 10.3. The number of anilines is 1. The van der Waals surface area contributed by atoms with Gasteiger partial charge in [-0.2, -0.15) is 0 Å². The largest absolute Gasteiger partial charge is 0.376 e. The van der Waals surface area contributed by atoms with Crippen LogP contribution < -0.4 is 10.9 Å². The minimum atomic E-state index is -0.489. The maximum atomic E-state index is 13.8. The van der Waals surface area contributed by atoms with Crippen LogP contribution in [0.3, 0.4) is 0 Å². The smallest absolute Gasteiger partial charge is 0.263 e. The van der Waals surface area contributed by atoms with Crippen LogP contribution in [0.25, 0.3) is 10.2 Å². The number of fused-ring (bicyclic) bond motifs is 1. The fraction of sp³-hybridized carbons (Fsp3) is 0.409. The van der Waals surface area contributed by atoms with E-state index in [9.17, 15) is 14.0 Å². The number of ether oxygens (including phenoxy) is 1. The number of aromatic nitrogens is 2. The number of aryl methyl sites for hydroxylation is 2. The molecule has 2 aromatic heterocycles. The number of thioether (sulfide) groups is 1. The van der Waals surface area contributed by atoms with E-state index in [2.05, 4.69) is 5.32 Å². The van der Waals surface area contributed by atoms with Gasteiger partial charge >= 0.3 is 0 Å². The van der Waals surface area contributed by atoms with Crippen molar-refractivity contribution < 1.29 is 13.9 Å². The van der Waals surface area contributed by atoms with Gasteiger partial charge in [-0.3, -0.25) is 14.2 Å². The van der Waals surface area contributed by atoms with Crippen molar-refractivity contribution in [1.29, 1.82) is 0 Å². The number of halogens is 1. The summed E-state index contributed by atoms with van der Waals surface area (Å²) in [6.07, 6.45) is 2.60. The summed E-state index contributed by atoms with van der Waals surface area (Å²) in [5.41, 5.74) is 1.08. The van der Waals surface area contributed by atoms with Gasteiger partial charge in [-0.25, -0.2) is 9.37 Å². The number of benzene rings is 1. The third kappa shape index (κ3) is 4.68. The zero-order chi connectivity index (χ0) is 22.0. The van der Waals surface area contributed by atoms with Gasteiger partial charge in [0.05, 0.1) is 29.5 Å². The summed E-state index contributed by atoms with van der Waals surface area (Å²) < 4.78 is 21.2. The van der Waals surface area contributed by atoms with Gasteiger partial charge in [0, 0.05) is 11.5 Å². The molecule has 0 bridgehead atoms. The summed E-state index contributed by atoms with van der Waals surface area (Å²) in [5, 5.41) is 3.73. The SMILES string of the molecule is CCc1c(C)sc2nc(SCC(=O)Nc3ccccc3F)n(CC3CCCO3)c(=O)c12. The molecule has 0 saturated carbocycles. The number of nitrogens with zero attached hydrogens (tertiary/aromatic N) is 2. The summed E-state index contributed by atoms with van der Waals surface area (Å²) >= 11 is 2.69. The first-order valence-corrected chi connectivity index (χ1v) is 12.1. The predicted octanol–water partition coefficient (Wildman–Crippen LogP) is 4.38. The molecular formula is C22H24FN3O3S2. The zero-order valence-corrected chi connectivity index (χ0v) is 19.1. The highest BCUT2D eigenvalue weighted by Crippen LogP contribution is 2.30. The molecule has 6 nitrogen and oxygen atoms in total. The Kier molecular flexibility index (Phi) is 6.74. The molecule has 4 rings (SSSR count). The molecule has 0 radical (unpaired) electrons. The van der Waals surface area contributed by atoms with Crippen molar-refractivity contribution in [2.45, 2.75) is 50.9 Å². The molecule has 3 aromatic rings. The molecule has 0 aliphatic carbocycles. The van der Waals surface area contributed by atoms with Crippen molar-refractivity contribution >= 4 is 44.9 Å². The molecule has 1 aromatic carbocycles. The Hall–Kier alpha value is -2.23. The van der Waals surface area contributed by atoms with E-state index in [1.165, 1.54) is 35.2 Å². The molecule has 1 aliphatic rings. The summed E-state index contributed by atoms with van der Waals surface area (Å²) in [6, 6.07) is 6.03. The summed E-state index contributed by atoms with van der Waals surface area (Å²) in [5.74, 6) is -0.829. The van der Waals surface area contributed by atoms with Crippen LogP contribution >= 0.6 is 23.1 Å². The van der Waals surface area contributed by atoms with Crippen molar-refractivity contribution in [1.82, 2.24) is 9.55 Å². The molecule has 3 heterocycles. The topological polar surface area (TPSA) is 73.2 Å². The van der Waals surface area contributed by atoms with Crippen LogP contribution in [0.5, 0.6) is 0 Å². The number of thiophene rings is 1. The normalized spacial score (nSPS) is 16.2. The lowest BCUT2D eigenvalue weighted by atomic mass is 10.1. The number of nitrogens with one attached hydrogen (secondary N) is 1. The second-order valence-corrected chi connectivity index (χ2v) is 9.58. The minimum Gasteiger partial charge on any atom is -0.376 e. The molecule has 0 spiro atoms. The maximum absolute atomic E-state index is 13.8. The second kappa shape index (κ2) is 9.50. The maximum Gasteiger partial charge on any atom is 0.263 e. The minimum absolute atomic E-state index is 0.0167. The monoisotopic (exact) mass is 461 g/mol. The van der Waals surface area contributed by atoms with Crippen LogP contribution in [0.1, 0.15) is 30.2 Å². The van der Waals surface area contributed by atoms with Gasteiger partial charge in [-0.15, -0.1) is 11.3 Å². The predicted molar refractivity (Wildman–Crippen MR) is 123 cm³/mol. The van der Waals surface area contributed by atoms with Gasteiger partial charge < -0.3 is 10.1 Å². The van der Waals surface area contributed by atoms with Crippen LogP contribution in [0, 0.1) is 12.7 Å². The number of hydrogen-bond donors (Lipinski definition) is 1. The third-order valence-corrected chi connectivity index (χ3v) is 7.34. The average Bonchev–Trinajstić information content (AvgIpc) is 3.37. The van der Waals surface area contributed by atoms with Crippen molar-refractivity contribution in [3.63, 3.8) is 0 Å². The van der Waals surface area contributed by atoms with Crippen molar-refractivity contribution in [3.05, 3.63) is 50.9 Å². The van der Waals surface area contributed by atoms with E-state index in [0.717, 1.165) is 29.7 Å². The van der Waals surface area contributed by atoms with Gasteiger partial charge in [0.2, 0.25) is 5.91 Å². The molecule has 1 aliphatic heterocycles. The van der Waals surface area contributed by atoms with Crippen LogP contribution in [-0.2, 0) is 22.5 Å². The molecule has 9 heteroatoms. The molecule has 31 heavy (non-hydrogen) atoms. The molecule has 1 saturated heterocycles. The number of para-hydroxylation sites is 1. The number of hydrogen-bond acceptors (Lipinski definition) is 6. The average molecular weight is 462 g/mol. The lowest BCUT2D eigenvalue weighted by molar-refractivity contribution is -0.113. The van der Waals surface area contributed by atoms with E-state index >= 15 is 0 Å². The first-order chi connectivity index (χ1) is 15.0. The molecule has 164 valence electrons. The highest BCUT2D eigenvalue weighted by Gasteiger charge is 2.23. The van der Waals surface area contributed by atoms with E-state index in [1.54, 1.807) is 16.7 Å². The van der Waals surface area contributed by atoms with Gasteiger partial charge in [-0.1, -0.05) is 30.8 Å². The van der Waals surface area contributed by atoms with Crippen LogP contribution in [-0.4, -0.2) is 33.9 Å². The summed E-state index contributed by atoms with van der Waals surface area (Å²) in [7, 11) is 0. The number of carbonyl (C=O) groups is 1. The fourth-order valence-corrected chi connectivity index (χ4v) is 5.76. The lowest BCUT2D eigenvalue weighted by Gasteiger charge is -2.16. The quantitative estimate of drug-likeness (QED) is 0.418. The second-order valence-electron chi connectivity index (χ2n) is 7.43. The molecule has 1 amide bonds. The third-order valence-electron chi connectivity index (χ3n) is 5.32. The summed E-state index contributed by atoms with van der Waals surface area (Å²) in [6.45, 7) is 5.15. The van der Waals surface area contributed by atoms with Crippen molar-refractivity contribution in [2.75, 3.05) is 17.7 Å². The Morgan fingerprint density at radius 3 is 2.94 bits per heavy atom. The van der Waals surface area contributed by atoms with Crippen LogP contribution in [0.4, 0.5) is 10.1 Å². The fourth-order valence-electron chi connectivity index (χ4n) is 3.80. The Balaban J connectivity index is 1.62. The Labute approximate surface area is 187 Å². The molecule has 1 fully saturated rings. The van der Waals surface area contributed by atoms with Gasteiger partial charge in [0.15, 0.2) is 5.16 Å². The Morgan fingerprint density at radius 1 is 1.42 bits per heavy atom. The number of rotatable bonds is 7.